The third-order valence-electron chi connectivity index (χ3n) is 5.94. The fourth-order valence-corrected chi connectivity index (χ4v) is 4.09. The molecule has 0 aliphatic heterocycles. The maximum Gasteiger partial charge on any atom is 0.332 e. The zero-order chi connectivity index (χ0) is 20.9. The van der Waals surface area contributed by atoms with Crippen molar-refractivity contribution in [3.8, 4) is 0 Å². The summed E-state index contributed by atoms with van der Waals surface area (Å²) >= 11 is 0. The first-order valence-corrected chi connectivity index (χ1v) is 11.1. The Bertz CT molecular complexity index is 523. The monoisotopic (exact) mass is 392 g/mol. The van der Waals surface area contributed by atoms with Gasteiger partial charge >= 0.3 is 5.97 Å². The van der Waals surface area contributed by atoms with E-state index >= 15 is 0 Å². The maximum atomic E-state index is 12.2. The van der Waals surface area contributed by atoms with E-state index in [1.54, 1.807) is 0 Å². The Kier molecular flexibility index (Phi) is 12.1. The van der Waals surface area contributed by atoms with Gasteiger partial charge in [0, 0.05) is 12.3 Å². The van der Waals surface area contributed by atoms with Crippen LogP contribution in [0.25, 0.3) is 0 Å². The lowest BCUT2D eigenvalue weighted by molar-refractivity contribution is -0.146. The number of hydrogen-bond donors (Lipinski definition) is 2. The van der Waals surface area contributed by atoms with Crippen LogP contribution in [0.5, 0.6) is 0 Å². The first-order chi connectivity index (χ1) is 13.3. The van der Waals surface area contributed by atoms with Gasteiger partial charge in [-0.1, -0.05) is 50.3 Å². The second-order valence-corrected chi connectivity index (χ2v) is 8.73. The Labute approximate surface area is 171 Å². The van der Waals surface area contributed by atoms with Crippen molar-refractivity contribution in [1.82, 2.24) is 0 Å². The summed E-state index contributed by atoms with van der Waals surface area (Å²) in [5.41, 5.74) is 1.27. The third-order valence-corrected chi connectivity index (χ3v) is 5.94. The minimum absolute atomic E-state index is 0.133. The number of carbonyl (C=O) groups is 2. The molecule has 0 amide bonds. The molecule has 2 N–H and O–H groups in total. The van der Waals surface area contributed by atoms with E-state index in [0.29, 0.717) is 31.0 Å². The minimum atomic E-state index is -1.26. The average molecular weight is 393 g/mol. The van der Waals surface area contributed by atoms with Crippen LogP contribution in [0.3, 0.4) is 0 Å². The highest BCUT2D eigenvalue weighted by atomic mass is 16.4. The summed E-state index contributed by atoms with van der Waals surface area (Å²) in [6.45, 7) is 8.36. The number of carboxylic acids is 1. The number of unbranched alkanes of at least 4 members (excludes halogenated alkanes) is 2. The van der Waals surface area contributed by atoms with Gasteiger partial charge in [-0.2, -0.15) is 0 Å². The zero-order valence-corrected chi connectivity index (χ0v) is 17.9. The molecule has 0 aromatic rings. The fourth-order valence-electron chi connectivity index (χ4n) is 4.09. The molecule has 1 aliphatic rings. The molecule has 1 aliphatic carbocycles. The summed E-state index contributed by atoms with van der Waals surface area (Å²) in [5.74, 6) is 0.463. The Morgan fingerprint density at radius 2 is 1.96 bits per heavy atom. The first-order valence-electron chi connectivity index (χ1n) is 11.1. The summed E-state index contributed by atoms with van der Waals surface area (Å²) in [4.78, 5) is 22.8. The zero-order valence-electron chi connectivity index (χ0n) is 17.9. The summed E-state index contributed by atoms with van der Waals surface area (Å²) < 4.78 is 0. The van der Waals surface area contributed by atoms with Gasteiger partial charge in [0.1, 0.15) is 5.78 Å². The quantitative estimate of drug-likeness (QED) is 0.277. The van der Waals surface area contributed by atoms with E-state index in [-0.39, 0.29) is 5.92 Å². The summed E-state index contributed by atoms with van der Waals surface area (Å²) in [6.07, 6.45) is 14.5. The summed E-state index contributed by atoms with van der Waals surface area (Å²) in [7, 11) is 0. The molecule has 1 fully saturated rings. The van der Waals surface area contributed by atoms with Gasteiger partial charge in [0.15, 0.2) is 6.10 Å². The SMILES string of the molecule is C=C(C)CCCC(C)CCC=C[C@H]1CCC(=O)[C@@H]1CCCCCC(O)C(=O)O. The Balaban J connectivity index is 2.24. The van der Waals surface area contributed by atoms with Crippen molar-refractivity contribution >= 4 is 11.8 Å². The van der Waals surface area contributed by atoms with Crippen LogP contribution >= 0.6 is 0 Å². The smallest absolute Gasteiger partial charge is 0.332 e. The molecule has 4 atom stereocenters. The molecule has 2 unspecified atom stereocenters. The second-order valence-electron chi connectivity index (χ2n) is 8.73. The van der Waals surface area contributed by atoms with Crippen LogP contribution in [0, 0.1) is 17.8 Å². The van der Waals surface area contributed by atoms with Crippen LogP contribution < -0.4 is 0 Å². The highest BCUT2D eigenvalue weighted by molar-refractivity contribution is 5.83. The molecule has 4 heteroatoms. The van der Waals surface area contributed by atoms with Crippen LogP contribution in [-0.4, -0.2) is 28.1 Å². The molecule has 28 heavy (non-hydrogen) atoms. The van der Waals surface area contributed by atoms with Gasteiger partial charge in [0.05, 0.1) is 0 Å². The number of ketones is 1. The van der Waals surface area contributed by atoms with Gasteiger partial charge in [-0.3, -0.25) is 4.79 Å². The molecule has 0 saturated heterocycles. The molecule has 0 bridgehead atoms. The predicted molar refractivity (Wildman–Crippen MR) is 114 cm³/mol. The molecular formula is C24H40O4. The minimum Gasteiger partial charge on any atom is -0.479 e. The molecule has 0 spiro atoms. The summed E-state index contributed by atoms with van der Waals surface area (Å²) in [6, 6.07) is 0. The number of hydrogen-bond acceptors (Lipinski definition) is 3. The van der Waals surface area contributed by atoms with Gasteiger partial charge in [-0.15, -0.1) is 6.58 Å². The molecule has 1 saturated carbocycles. The van der Waals surface area contributed by atoms with E-state index in [2.05, 4.69) is 32.6 Å². The van der Waals surface area contributed by atoms with Crippen molar-refractivity contribution in [2.45, 2.75) is 97.0 Å². The Morgan fingerprint density at radius 1 is 1.21 bits per heavy atom. The number of carboxylic acid groups (broad SMARTS) is 1. The van der Waals surface area contributed by atoms with E-state index in [1.807, 2.05) is 0 Å². The fraction of sp³-hybridized carbons (Fsp3) is 0.750. The largest absolute Gasteiger partial charge is 0.479 e. The third kappa shape index (κ3) is 10.2. The molecule has 0 radical (unpaired) electrons. The Morgan fingerprint density at radius 3 is 2.64 bits per heavy atom. The number of aliphatic hydroxyl groups is 1. The van der Waals surface area contributed by atoms with Crippen molar-refractivity contribution in [1.29, 1.82) is 0 Å². The van der Waals surface area contributed by atoms with Crippen LogP contribution in [0.15, 0.2) is 24.3 Å². The van der Waals surface area contributed by atoms with Crippen molar-refractivity contribution < 1.29 is 19.8 Å². The number of rotatable bonds is 15. The Hall–Kier alpha value is -1.42. The number of carbonyl (C=O) groups excluding carboxylic acids is 1. The van der Waals surface area contributed by atoms with Crippen LogP contribution in [0.1, 0.15) is 90.9 Å². The van der Waals surface area contributed by atoms with Gasteiger partial charge in [0.25, 0.3) is 0 Å². The lowest BCUT2D eigenvalue weighted by Crippen LogP contribution is -2.19. The van der Waals surface area contributed by atoms with Gasteiger partial charge in [0.2, 0.25) is 0 Å². The number of Topliss-reactive ketones (excluding diaryl/α,β-unsaturated/α-hetero) is 1. The second kappa shape index (κ2) is 13.7. The summed E-state index contributed by atoms with van der Waals surface area (Å²) in [5, 5.41) is 18.0. The molecule has 4 nitrogen and oxygen atoms in total. The van der Waals surface area contributed by atoms with Crippen molar-refractivity contribution in [3.63, 3.8) is 0 Å². The maximum absolute atomic E-state index is 12.2. The van der Waals surface area contributed by atoms with E-state index < -0.39 is 12.1 Å². The van der Waals surface area contributed by atoms with Crippen molar-refractivity contribution in [2.24, 2.45) is 17.8 Å². The standard InChI is InChI=1S/C24H40O4/c1-18(2)10-9-12-19(3)11-7-8-13-20-16-17-22(25)21(20)14-5-4-6-15-23(26)24(27)28/h8,13,19-21,23,26H,1,4-7,9-12,14-17H2,2-3H3,(H,27,28)/t19?,20-,21+,23?/m0/s1. The molecule has 0 aromatic heterocycles. The number of allylic oxidation sites excluding steroid dienone is 3. The van der Waals surface area contributed by atoms with E-state index in [4.69, 9.17) is 5.11 Å². The lowest BCUT2D eigenvalue weighted by Gasteiger charge is -2.15. The highest BCUT2D eigenvalue weighted by Crippen LogP contribution is 2.34. The van der Waals surface area contributed by atoms with Crippen LogP contribution in [0.2, 0.25) is 0 Å². The molecule has 0 aromatic carbocycles. The van der Waals surface area contributed by atoms with E-state index in [1.165, 1.54) is 24.8 Å². The van der Waals surface area contributed by atoms with E-state index in [9.17, 15) is 14.7 Å². The lowest BCUT2D eigenvalue weighted by atomic mass is 9.89. The number of aliphatic carboxylic acids is 1. The van der Waals surface area contributed by atoms with Gasteiger partial charge in [-0.05, 0) is 63.7 Å². The normalized spacial score (nSPS) is 21.9. The van der Waals surface area contributed by atoms with Crippen molar-refractivity contribution in [3.05, 3.63) is 24.3 Å². The van der Waals surface area contributed by atoms with Gasteiger partial charge in [-0.25, -0.2) is 4.79 Å². The van der Waals surface area contributed by atoms with Gasteiger partial charge < -0.3 is 10.2 Å². The van der Waals surface area contributed by atoms with Crippen LogP contribution in [-0.2, 0) is 9.59 Å². The topological polar surface area (TPSA) is 74.6 Å². The van der Waals surface area contributed by atoms with Crippen LogP contribution in [0.4, 0.5) is 0 Å². The predicted octanol–water partition coefficient (Wildman–Crippen LogP) is 5.70. The van der Waals surface area contributed by atoms with E-state index in [0.717, 1.165) is 44.4 Å². The molecular weight excluding hydrogens is 352 g/mol. The molecule has 160 valence electrons. The highest BCUT2D eigenvalue weighted by Gasteiger charge is 2.32. The first kappa shape index (κ1) is 24.6. The average Bonchev–Trinajstić information content (AvgIpc) is 2.97. The molecule has 0 heterocycles. The number of aliphatic hydroxyl groups excluding tert-OH is 1. The van der Waals surface area contributed by atoms with Crippen molar-refractivity contribution in [2.75, 3.05) is 0 Å². The molecule has 1 rings (SSSR count).